The van der Waals surface area contributed by atoms with Crippen LogP contribution in [0.25, 0.3) is 0 Å². The predicted molar refractivity (Wildman–Crippen MR) is 90.6 cm³/mol. The summed E-state index contributed by atoms with van der Waals surface area (Å²) >= 11 is 0. The molecule has 128 valence electrons. The Morgan fingerprint density at radius 1 is 1.26 bits per heavy atom. The average molecular weight is 320 g/mol. The highest BCUT2D eigenvalue weighted by atomic mass is 16.5. The number of carbonyl (C=O) groups excluding carboxylic acids is 1. The van der Waals surface area contributed by atoms with Crippen LogP contribution in [0, 0.1) is 5.92 Å². The summed E-state index contributed by atoms with van der Waals surface area (Å²) in [5, 5.41) is 0. The van der Waals surface area contributed by atoms with Crippen molar-refractivity contribution in [2.45, 2.75) is 45.2 Å². The summed E-state index contributed by atoms with van der Waals surface area (Å²) < 4.78 is 10.6. The molecule has 2 atom stereocenters. The van der Waals surface area contributed by atoms with Crippen molar-refractivity contribution in [1.29, 1.82) is 0 Å². The van der Waals surface area contributed by atoms with Gasteiger partial charge in [0.15, 0.2) is 11.5 Å². The fraction of sp³-hybridized carbons (Fsp3) is 0.611. The van der Waals surface area contributed by atoms with Gasteiger partial charge in [-0.1, -0.05) is 12.5 Å². The number of nitrogens with zero attached hydrogens (tertiary/aromatic N) is 1. The van der Waals surface area contributed by atoms with Crippen molar-refractivity contribution in [3.05, 3.63) is 23.8 Å². The zero-order valence-corrected chi connectivity index (χ0v) is 14.4. The van der Waals surface area contributed by atoms with Gasteiger partial charge < -0.3 is 20.1 Å². The summed E-state index contributed by atoms with van der Waals surface area (Å²) in [5.74, 6) is 1.90. The van der Waals surface area contributed by atoms with Crippen molar-refractivity contribution >= 4 is 5.91 Å². The first-order valence-corrected chi connectivity index (χ1v) is 8.33. The summed E-state index contributed by atoms with van der Waals surface area (Å²) in [6.45, 7) is 3.28. The van der Waals surface area contributed by atoms with Gasteiger partial charge >= 0.3 is 0 Å². The minimum Gasteiger partial charge on any atom is -0.493 e. The van der Waals surface area contributed by atoms with Crippen molar-refractivity contribution in [3.63, 3.8) is 0 Å². The van der Waals surface area contributed by atoms with Crippen LogP contribution in [0.15, 0.2) is 18.2 Å². The summed E-state index contributed by atoms with van der Waals surface area (Å²) in [5.41, 5.74) is 7.13. The first-order chi connectivity index (χ1) is 11.1. The molecule has 0 spiro atoms. The second kappa shape index (κ2) is 8.20. The number of ether oxygens (including phenoxy) is 2. The summed E-state index contributed by atoms with van der Waals surface area (Å²) in [6, 6.07) is 5.95. The van der Waals surface area contributed by atoms with E-state index in [-0.39, 0.29) is 11.9 Å². The van der Waals surface area contributed by atoms with Crippen molar-refractivity contribution in [2.75, 3.05) is 20.8 Å². The maximum atomic E-state index is 12.6. The lowest BCUT2D eigenvalue weighted by Gasteiger charge is -2.24. The largest absolute Gasteiger partial charge is 0.493 e. The van der Waals surface area contributed by atoms with E-state index < -0.39 is 0 Å². The Bertz CT molecular complexity index is 533. The highest BCUT2D eigenvalue weighted by Gasteiger charge is 2.27. The first-order valence-electron chi connectivity index (χ1n) is 8.33. The van der Waals surface area contributed by atoms with Gasteiger partial charge in [-0.2, -0.15) is 0 Å². The number of hydrogen-bond acceptors (Lipinski definition) is 4. The molecule has 5 nitrogen and oxygen atoms in total. The van der Waals surface area contributed by atoms with Gasteiger partial charge in [0.2, 0.25) is 5.91 Å². The van der Waals surface area contributed by atoms with Crippen molar-refractivity contribution in [1.82, 2.24) is 4.90 Å². The molecule has 2 N–H and O–H groups in total. The van der Waals surface area contributed by atoms with Crippen LogP contribution in [0.5, 0.6) is 11.5 Å². The number of amides is 1. The Kier molecular flexibility index (Phi) is 6.28. The molecule has 1 aromatic carbocycles. The van der Waals surface area contributed by atoms with E-state index >= 15 is 0 Å². The lowest BCUT2D eigenvalue weighted by Crippen LogP contribution is -2.34. The normalized spacial score (nSPS) is 20.3. The topological polar surface area (TPSA) is 64.8 Å². The molecular weight excluding hydrogens is 292 g/mol. The molecule has 0 radical (unpaired) electrons. The minimum absolute atomic E-state index is 0.179. The van der Waals surface area contributed by atoms with Gasteiger partial charge in [0.05, 0.1) is 14.2 Å². The number of benzene rings is 1. The smallest absolute Gasteiger partial charge is 0.223 e. The van der Waals surface area contributed by atoms with Gasteiger partial charge in [-0.05, 0) is 43.4 Å². The molecule has 1 aromatic rings. The Labute approximate surface area is 138 Å². The molecule has 0 heterocycles. The summed E-state index contributed by atoms with van der Waals surface area (Å²) in [4.78, 5) is 14.5. The molecule has 1 aliphatic rings. The van der Waals surface area contributed by atoms with E-state index in [9.17, 15) is 4.79 Å². The quantitative estimate of drug-likeness (QED) is 0.838. The third kappa shape index (κ3) is 4.38. The average Bonchev–Trinajstić information content (AvgIpc) is 2.97. The fourth-order valence-electron chi connectivity index (χ4n) is 3.25. The van der Waals surface area contributed by atoms with E-state index in [1.165, 1.54) is 0 Å². The summed E-state index contributed by atoms with van der Waals surface area (Å²) in [6.07, 6.45) is 3.81. The molecule has 23 heavy (non-hydrogen) atoms. The standard InChI is InChI=1S/C18H28N2O3/c1-4-20(18(21)11-14-6-5-7-15(14)19)12-13-8-9-16(22-2)17(10-13)23-3/h8-10,14-15H,4-7,11-12,19H2,1-3H3/t14-,15+/m0/s1. The van der Waals surface area contributed by atoms with E-state index in [0.717, 1.165) is 24.8 Å². The van der Waals surface area contributed by atoms with E-state index in [0.29, 0.717) is 36.9 Å². The van der Waals surface area contributed by atoms with Crippen LogP contribution in [0.3, 0.4) is 0 Å². The Morgan fingerprint density at radius 3 is 2.57 bits per heavy atom. The highest BCUT2D eigenvalue weighted by molar-refractivity contribution is 5.76. The molecule has 0 bridgehead atoms. The second-order valence-electron chi connectivity index (χ2n) is 6.16. The number of hydrogen-bond donors (Lipinski definition) is 1. The van der Waals surface area contributed by atoms with Crippen LogP contribution in [0.2, 0.25) is 0 Å². The highest BCUT2D eigenvalue weighted by Crippen LogP contribution is 2.29. The van der Waals surface area contributed by atoms with Gasteiger partial charge in [0, 0.05) is 25.6 Å². The van der Waals surface area contributed by atoms with Crippen LogP contribution in [-0.2, 0) is 11.3 Å². The summed E-state index contributed by atoms with van der Waals surface area (Å²) in [7, 11) is 3.23. The SMILES string of the molecule is CCN(Cc1ccc(OC)c(OC)c1)C(=O)C[C@@H]1CCC[C@H]1N. The number of methoxy groups -OCH3 is 2. The molecule has 5 heteroatoms. The van der Waals surface area contributed by atoms with Crippen LogP contribution in [-0.4, -0.2) is 37.6 Å². The van der Waals surface area contributed by atoms with E-state index in [1.54, 1.807) is 14.2 Å². The molecule has 1 aliphatic carbocycles. The van der Waals surface area contributed by atoms with E-state index in [4.69, 9.17) is 15.2 Å². The van der Waals surface area contributed by atoms with Crippen molar-refractivity contribution in [3.8, 4) is 11.5 Å². The maximum absolute atomic E-state index is 12.6. The lowest BCUT2D eigenvalue weighted by atomic mass is 9.99. The molecule has 0 aromatic heterocycles. The lowest BCUT2D eigenvalue weighted by molar-refractivity contribution is -0.132. The Hall–Kier alpha value is -1.75. The third-order valence-electron chi connectivity index (χ3n) is 4.71. The van der Waals surface area contributed by atoms with Gasteiger partial charge in [-0.25, -0.2) is 0 Å². The van der Waals surface area contributed by atoms with Crippen LogP contribution in [0.4, 0.5) is 0 Å². The number of nitrogens with two attached hydrogens (primary N) is 1. The first kappa shape index (κ1) is 17.6. The molecule has 1 saturated carbocycles. The van der Waals surface area contributed by atoms with Crippen LogP contribution >= 0.6 is 0 Å². The van der Waals surface area contributed by atoms with Crippen molar-refractivity contribution in [2.24, 2.45) is 11.7 Å². The molecule has 1 amide bonds. The van der Waals surface area contributed by atoms with Crippen molar-refractivity contribution < 1.29 is 14.3 Å². The van der Waals surface area contributed by atoms with Crippen LogP contribution < -0.4 is 15.2 Å². The fourth-order valence-corrected chi connectivity index (χ4v) is 3.25. The van der Waals surface area contributed by atoms with Gasteiger partial charge in [-0.3, -0.25) is 4.79 Å². The van der Waals surface area contributed by atoms with Crippen LogP contribution in [0.1, 0.15) is 38.2 Å². The second-order valence-corrected chi connectivity index (χ2v) is 6.16. The molecule has 2 rings (SSSR count). The zero-order valence-electron chi connectivity index (χ0n) is 14.4. The van der Waals surface area contributed by atoms with Gasteiger partial charge in [0.25, 0.3) is 0 Å². The third-order valence-corrected chi connectivity index (χ3v) is 4.71. The Morgan fingerprint density at radius 2 is 2.00 bits per heavy atom. The molecule has 0 unspecified atom stereocenters. The minimum atomic E-state index is 0.179. The Balaban J connectivity index is 2.02. The van der Waals surface area contributed by atoms with E-state index in [1.807, 2.05) is 30.0 Å². The van der Waals surface area contributed by atoms with E-state index in [2.05, 4.69) is 0 Å². The molecule has 0 aliphatic heterocycles. The molecule has 1 fully saturated rings. The van der Waals surface area contributed by atoms with Gasteiger partial charge in [0.1, 0.15) is 0 Å². The zero-order chi connectivity index (χ0) is 16.8. The number of carbonyl (C=O) groups is 1. The monoisotopic (exact) mass is 320 g/mol. The number of rotatable bonds is 7. The maximum Gasteiger partial charge on any atom is 0.223 e. The molecular formula is C18H28N2O3. The van der Waals surface area contributed by atoms with Gasteiger partial charge in [-0.15, -0.1) is 0 Å². The predicted octanol–water partition coefficient (Wildman–Crippen LogP) is 2.57. The molecule has 0 saturated heterocycles.